The van der Waals surface area contributed by atoms with Gasteiger partial charge in [-0.15, -0.1) is 0 Å². The molecule has 0 aromatic heterocycles. The Kier molecular flexibility index (Phi) is 5.91. The number of carbonyl (C=O) groups is 1. The Labute approximate surface area is 111 Å². The molecule has 19 heavy (non-hydrogen) atoms. The maximum atomic E-state index is 11.9. The monoisotopic (exact) mass is 268 g/mol. The highest BCUT2D eigenvalue weighted by Crippen LogP contribution is 2.08. The molecule has 1 amide bonds. The first-order valence-corrected chi connectivity index (χ1v) is 6.05. The van der Waals surface area contributed by atoms with Gasteiger partial charge in [-0.3, -0.25) is 4.79 Å². The zero-order valence-corrected chi connectivity index (χ0v) is 10.7. The van der Waals surface area contributed by atoms with Crippen molar-refractivity contribution in [2.45, 2.75) is 12.0 Å². The van der Waals surface area contributed by atoms with E-state index in [1.54, 1.807) is 24.3 Å². The lowest BCUT2D eigenvalue weighted by Crippen LogP contribution is -2.57. The number of hydrogen-bond acceptors (Lipinski definition) is 5. The summed E-state index contributed by atoms with van der Waals surface area (Å²) in [6.45, 7) is -1.10. The summed E-state index contributed by atoms with van der Waals surface area (Å²) < 4.78 is 0. The van der Waals surface area contributed by atoms with Crippen LogP contribution in [0.5, 0.6) is 0 Å². The lowest BCUT2D eigenvalue weighted by Gasteiger charge is -2.28. The van der Waals surface area contributed by atoms with Crippen LogP contribution in [0.2, 0.25) is 0 Å². The maximum Gasteiger partial charge on any atom is 0.251 e. The van der Waals surface area contributed by atoms with E-state index in [-0.39, 0.29) is 0 Å². The molecule has 0 saturated heterocycles. The van der Waals surface area contributed by atoms with E-state index >= 15 is 0 Å². The second kappa shape index (κ2) is 7.20. The van der Waals surface area contributed by atoms with Gasteiger partial charge in [-0.2, -0.15) is 0 Å². The van der Waals surface area contributed by atoms with Crippen molar-refractivity contribution in [3.05, 3.63) is 35.4 Å². The molecule has 1 aromatic rings. The summed E-state index contributed by atoms with van der Waals surface area (Å²) >= 11 is 0. The molecule has 0 radical (unpaired) electrons. The Bertz CT molecular complexity index is 393. The predicted molar refractivity (Wildman–Crippen MR) is 70.7 cm³/mol. The van der Waals surface area contributed by atoms with Crippen molar-refractivity contribution < 1.29 is 20.1 Å². The van der Waals surface area contributed by atoms with Crippen LogP contribution in [0.15, 0.2) is 24.3 Å². The number of hydrogen-bond donors (Lipinski definition) is 5. The normalized spacial score (nSPS) is 11.4. The predicted octanol–water partition coefficient (Wildman–Crippen LogP) is -1.37. The van der Waals surface area contributed by atoms with Gasteiger partial charge in [0.25, 0.3) is 5.91 Å². The molecule has 0 atom stereocenters. The number of aliphatic hydroxyl groups excluding tert-OH is 3. The second-order valence-corrected chi connectivity index (χ2v) is 4.44. The highest BCUT2D eigenvalue weighted by molar-refractivity contribution is 5.94. The summed E-state index contributed by atoms with van der Waals surface area (Å²) in [5, 5.41) is 29.8. The first-order valence-electron chi connectivity index (χ1n) is 6.05. The minimum absolute atomic E-state index is 0.389. The van der Waals surface area contributed by atoms with Crippen molar-refractivity contribution in [1.29, 1.82) is 0 Å². The summed E-state index contributed by atoms with van der Waals surface area (Å²) in [5.41, 5.74) is 5.44. The van der Waals surface area contributed by atoms with Crippen LogP contribution >= 0.6 is 0 Å². The van der Waals surface area contributed by atoms with E-state index in [0.29, 0.717) is 12.1 Å². The maximum absolute atomic E-state index is 11.9. The van der Waals surface area contributed by atoms with Gasteiger partial charge in [0.15, 0.2) is 0 Å². The van der Waals surface area contributed by atoms with Crippen LogP contribution in [0.25, 0.3) is 0 Å². The van der Waals surface area contributed by atoms with Gasteiger partial charge >= 0.3 is 0 Å². The van der Waals surface area contributed by atoms with Crippen LogP contribution in [0.3, 0.4) is 0 Å². The molecule has 0 bridgehead atoms. The number of benzene rings is 1. The SMILES string of the molecule is NCCc1ccc(C(=O)NC(CO)(CO)CO)cc1. The lowest BCUT2D eigenvalue weighted by molar-refractivity contribution is 0.0375. The molecule has 106 valence electrons. The average molecular weight is 268 g/mol. The number of amides is 1. The molecule has 6 heteroatoms. The number of nitrogens with one attached hydrogen (secondary N) is 1. The number of nitrogens with two attached hydrogens (primary N) is 1. The molecule has 6 N–H and O–H groups in total. The zero-order valence-electron chi connectivity index (χ0n) is 10.7. The molecule has 0 saturated carbocycles. The Hall–Kier alpha value is -1.47. The molecule has 0 unspecified atom stereocenters. The number of carbonyl (C=O) groups excluding carboxylic acids is 1. The second-order valence-electron chi connectivity index (χ2n) is 4.44. The molecule has 1 rings (SSSR count). The van der Waals surface area contributed by atoms with Crippen LogP contribution in [-0.4, -0.2) is 53.1 Å². The third-order valence-corrected chi connectivity index (χ3v) is 2.94. The number of aliphatic hydroxyl groups is 3. The van der Waals surface area contributed by atoms with Crippen LogP contribution < -0.4 is 11.1 Å². The minimum atomic E-state index is -1.41. The molecule has 0 heterocycles. The van der Waals surface area contributed by atoms with Crippen LogP contribution in [0.4, 0.5) is 0 Å². The molecular formula is C13H20N2O4. The van der Waals surface area contributed by atoms with Crippen molar-refractivity contribution in [1.82, 2.24) is 5.32 Å². The largest absolute Gasteiger partial charge is 0.394 e. The minimum Gasteiger partial charge on any atom is -0.394 e. The van der Waals surface area contributed by atoms with E-state index in [1.807, 2.05) is 0 Å². The van der Waals surface area contributed by atoms with Crippen LogP contribution in [-0.2, 0) is 6.42 Å². The van der Waals surface area contributed by atoms with Gasteiger partial charge in [-0.25, -0.2) is 0 Å². The first-order chi connectivity index (χ1) is 9.10. The average Bonchev–Trinajstić information content (AvgIpc) is 2.46. The summed E-state index contributed by atoms with van der Waals surface area (Å²) in [7, 11) is 0. The van der Waals surface area contributed by atoms with E-state index in [9.17, 15) is 4.79 Å². The van der Waals surface area contributed by atoms with E-state index < -0.39 is 31.3 Å². The Morgan fingerprint density at radius 2 is 1.63 bits per heavy atom. The van der Waals surface area contributed by atoms with E-state index in [1.165, 1.54) is 0 Å². The Morgan fingerprint density at radius 3 is 2.05 bits per heavy atom. The van der Waals surface area contributed by atoms with Gasteiger partial charge in [0, 0.05) is 5.56 Å². The first kappa shape index (κ1) is 15.6. The summed E-state index contributed by atoms with van der Waals surface area (Å²) in [6, 6.07) is 6.86. The molecular weight excluding hydrogens is 248 g/mol. The quantitative estimate of drug-likeness (QED) is 0.418. The molecule has 0 aliphatic heterocycles. The van der Waals surface area contributed by atoms with Gasteiger partial charge in [-0.05, 0) is 30.7 Å². The molecule has 0 aliphatic rings. The van der Waals surface area contributed by atoms with Gasteiger partial charge in [0.1, 0.15) is 5.54 Å². The fourth-order valence-corrected chi connectivity index (χ4v) is 1.57. The third-order valence-electron chi connectivity index (χ3n) is 2.94. The van der Waals surface area contributed by atoms with Gasteiger partial charge in [-0.1, -0.05) is 12.1 Å². The fourth-order valence-electron chi connectivity index (χ4n) is 1.57. The lowest BCUT2D eigenvalue weighted by atomic mass is 10.0. The standard InChI is InChI=1S/C13H20N2O4/c14-6-5-10-1-3-11(4-2-10)12(19)15-13(7-16,8-17)9-18/h1-4,16-18H,5-9,14H2,(H,15,19). The fraction of sp³-hybridized carbons (Fsp3) is 0.462. The highest BCUT2D eigenvalue weighted by Gasteiger charge is 2.30. The van der Waals surface area contributed by atoms with Crippen molar-refractivity contribution in [3.8, 4) is 0 Å². The van der Waals surface area contributed by atoms with E-state index in [0.717, 1.165) is 12.0 Å². The summed E-state index contributed by atoms with van der Waals surface area (Å²) in [4.78, 5) is 11.9. The topological polar surface area (TPSA) is 116 Å². The smallest absolute Gasteiger partial charge is 0.251 e. The molecule has 1 aromatic carbocycles. The van der Waals surface area contributed by atoms with Gasteiger partial charge in [0.2, 0.25) is 0 Å². The molecule has 0 aliphatic carbocycles. The highest BCUT2D eigenvalue weighted by atomic mass is 16.3. The summed E-state index contributed by atoms with van der Waals surface area (Å²) in [6.07, 6.45) is 0.732. The number of rotatable bonds is 7. The van der Waals surface area contributed by atoms with Crippen molar-refractivity contribution in [3.63, 3.8) is 0 Å². The Balaban J connectivity index is 2.77. The van der Waals surface area contributed by atoms with Gasteiger partial charge in [0.05, 0.1) is 19.8 Å². The van der Waals surface area contributed by atoms with Crippen LogP contribution in [0.1, 0.15) is 15.9 Å². The van der Waals surface area contributed by atoms with Gasteiger partial charge < -0.3 is 26.4 Å². The molecule has 0 spiro atoms. The van der Waals surface area contributed by atoms with Crippen molar-refractivity contribution in [2.24, 2.45) is 5.73 Å². The van der Waals surface area contributed by atoms with Crippen molar-refractivity contribution in [2.75, 3.05) is 26.4 Å². The molecule has 0 fully saturated rings. The van der Waals surface area contributed by atoms with Crippen molar-refractivity contribution >= 4 is 5.91 Å². The van der Waals surface area contributed by atoms with E-state index in [4.69, 9.17) is 21.1 Å². The zero-order chi connectivity index (χ0) is 14.3. The Morgan fingerprint density at radius 1 is 1.11 bits per heavy atom. The summed E-state index contributed by atoms with van der Waals surface area (Å²) in [5.74, 6) is -0.462. The third kappa shape index (κ3) is 4.00. The van der Waals surface area contributed by atoms with E-state index in [2.05, 4.69) is 5.32 Å². The molecule has 6 nitrogen and oxygen atoms in total. The van der Waals surface area contributed by atoms with Crippen LogP contribution in [0, 0.1) is 0 Å².